The van der Waals surface area contributed by atoms with Gasteiger partial charge in [0.05, 0.1) is 0 Å². The van der Waals surface area contributed by atoms with Crippen LogP contribution in [0.3, 0.4) is 0 Å². The second-order valence-electron chi connectivity index (χ2n) is 1.75. The van der Waals surface area contributed by atoms with Gasteiger partial charge in [0.2, 0.25) is 0 Å². The second-order valence-corrected chi connectivity index (χ2v) is 3.47. The maximum absolute atomic E-state index is 10.3. The summed E-state index contributed by atoms with van der Waals surface area (Å²) in [6, 6.07) is 3.82. The van der Waals surface area contributed by atoms with E-state index in [0.717, 1.165) is 6.07 Å². The van der Waals surface area contributed by atoms with Crippen LogP contribution in [0.25, 0.3) is 0 Å². The maximum atomic E-state index is 10.3. The molecule has 60 valence electrons. The van der Waals surface area contributed by atoms with E-state index in [9.17, 15) is 13.0 Å². The van der Waals surface area contributed by atoms with E-state index >= 15 is 0 Å². The van der Waals surface area contributed by atoms with Crippen molar-refractivity contribution in [1.82, 2.24) is 4.98 Å². The number of nitrogens with zero attached hydrogens (tertiary/aromatic N) is 1. The third-order valence-corrected chi connectivity index (χ3v) is 1.90. The molecule has 0 atom stereocenters. The molecule has 7 heteroatoms. The van der Waals surface area contributed by atoms with Gasteiger partial charge < -0.3 is 4.55 Å². The van der Waals surface area contributed by atoms with E-state index < -0.39 is 15.1 Å². The van der Waals surface area contributed by atoms with Gasteiger partial charge in [0.15, 0.2) is 0 Å². The van der Waals surface area contributed by atoms with Gasteiger partial charge in [-0.1, -0.05) is 17.7 Å². The second kappa shape index (κ2) is 4.55. The summed E-state index contributed by atoms with van der Waals surface area (Å²) in [7, 11) is -4.47. The van der Waals surface area contributed by atoms with Gasteiger partial charge in [0, 0.05) is 0 Å². The minimum Gasteiger partial charge on any atom is -0.743 e. The molecule has 0 radical (unpaired) electrons. The predicted molar refractivity (Wildman–Crippen MR) is 37.2 cm³/mol. The van der Waals surface area contributed by atoms with Gasteiger partial charge in [-0.25, -0.2) is 13.4 Å². The first-order chi connectivity index (χ1) is 5.00. The van der Waals surface area contributed by atoms with Crippen LogP contribution in [0.2, 0.25) is 5.15 Å². The van der Waals surface area contributed by atoms with E-state index in [2.05, 4.69) is 4.98 Å². The van der Waals surface area contributed by atoms with Crippen LogP contribution in [0.4, 0.5) is 0 Å². The van der Waals surface area contributed by atoms with Crippen LogP contribution in [-0.4, -0.2) is 18.0 Å². The average molecular weight is 216 g/mol. The van der Waals surface area contributed by atoms with Crippen LogP contribution < -0.4 is 29.6 Å². The summed E-state index contributed by atoms with van der Waals surface area (Å²) in [5.74, 6) is 0. The molecule has 0 saturated carbocycles. The molecule has 12 heavy (non-hydrogen) atoms. The monoisotopic (exact) mass is 215 g/mol. The maximum Gasteiger partial charge on any atom is 1.00 e. The Kier molecular flexibility index (Phi) is 4.68. The zero-order valence-corrected chi connectivity index (χ0v) is 9.76. The van der Waals surface area contributed by atoms with E-state index in [1.165, 1.54) is 12.1 Å². The zero-order valence-electron chi connectivity index (χ0n) is 6.19. The summed E-state index contributed by atoms with van der Waals surface area (Å²) in [6.45, 7) is 0. The zero-order chi connectivity index (χ0) is 8.48. The normalized spacial score (nSPS) is 10.5. The molecule has 0 aliphatic carbocycles. The van der Waals surface area contributed by atoms with Crippen molar-refractivity contribution in [3.8, 4) is 0 Å². The molecule has 1 heterocycles. The summed E-state index contributed by atoms with van der Waals surface area (Å²) < 4.78 is 30.9. The average Bonchev–Trinajstić information content (AvgIpc) is 1.86. The van der Waals surface area contributed by atoms with E-state index in [4.69, 9.17) is 11.6 Å². The molecule has 0 aliphatic rings. The Morgan fingerprint density at radius 2 is 2.00 bits per heavy atom. The van der Waals surface area contributed by atoms with Crippen molar-refractivity contribution < 1.29 is 42.5 Å². The van der Waals surface area contributed by atoms with Gasteiger partial charge in [-0.15, -0.1) is 0 Å². The van der Waals surface area contributed by atoms with E-state index in [1.54, 1.807) is 0 Å². The fourth-order valence-corrected chi connectivity index (χ4v) is 1.20. The van der Waals surface area contributed by atoms with Crippen molar-refractivity contribution in [3.05, 3.63) is 23.4 Å². The number of rotatable bonds is 1. The Morgan fingerprint density at radius 3 is 2.33 bits per heavy atom. The smallest absolute Gasteiger partial charge is 0.743 e. The number of hydrogen-bond acceptors (Lipinski definition) is 4. The van der Waals surface area contributed by atoms with Crippen molar-refractivity contribution in [3.63, 3.8) is 0 Å². The number of aromatic nitrogens is 1. The van der Waals surface area contributed by atoms with E-state index in [1.807, 2.05) is 0 Å². The molecule has 0 N–H and O–H groups in total. The van der Waals surface area contributed by atoms with Crippen LogP contribution in [0.15, 0.2) is 23.2 Å². The van der Waals surface area contributed by atoms with Gasteiger partial charge >= 0.3 is 29.6 Å². The Bertz CT molecular complexity index is 367. The van der Waals surface area contributed by atoms with Gasteiger partial charge in [-0.2, -0.15) is 0 Å². The largest absolute Gasteiger partial charge is 1.00 e. The third kappa shape index (κ3) is 3.38. The van der Waals surface area contributed by atoms with Crippen molar-refractivity contribution in [2.75, 3.05) is 0 Å². The van der Waals surface area contributed by atoms with Crippen LogP contribution in [-0.2, 0) is 10.1 Å². The minimum absolute atomic E-state index is 0. The summed E-state index contributed by atoms with van der Waals surface area (Å²) in [6.07, 6.45) is 0. The van der Waals surface area contributed by atoms with Crippen molar-refractivity contribution in [2.45, 2.75) is 5.03 Å². The number of pyridine rings is 1. The Morgan fingerprint density at radius 1 is 1.42 bits per heavy atom. The van der Waals surface area contributed by atoms with Gasteiger partial charge in [0.1, 0.15) is 20.3 Å². The molecule has 0 aromatic carbocycles. The molecule has 0 aliphatic heterocycles. The van der Waals surface area contributed by atoms with Crippen LogP contribution in [0.5, 0.6) is 0 Å². The molecule has 0 spiro atoms. The molecule has 0 fully saturated rings. The van der Waals surface area contributed by atoms with Gasteiger partial charge in [-0.3, -0.25) is 0 Å². The summed E-state index contributed by atoms with van der Waals surface area (Å²) in [5, 5.41) is -0.563. The van der Waals surface area contributed by atoms with E-state index in [0.29, 0.717) is 0 Å². The standard InChI is InChI=1S/C5H4ClNO3S.Na/c6-4-2-1-3-5(7-4)11(8,9)10;/h1-3H,(H,8,9,10);/q;+1/p-1. The number of hydrogen-bond donors (Lipinski definition) is 0. The molecule has 0 unspecified atom stereocenters. The van der Waals surface area contributed by atoms with E-state index in [-0.39, 0.29) is 34.7 Å². The number of halogens is 1. The van der Waals surface area contributed by atoms with Crippen LogP contribution in [0.1, 0.15) is 0 Å². The quantitative estimate of drug-likeness (QED) is 0.299. The topological polar surface area (TPSA) is 70.1 Å². The summed E-state index contributed by atoms with van der Waals surface area (Å²) in [4.78, 5) is 3.31. The molecule has 4 nitrogen and oxygen atoms in total. The fraction of sp³-hybridized carbons (Fsp3) is 0. The molecule has 0 saturated heterocycles. The van der Waals surface area contributed by atoms with Crippen molar-refractivity contribution >= 4 is 21.7 Å². The fourth-order valence-electron chi connectivity index (χ4n) is 0.529. The Balaban J connectivity index is 0.00000121. The molecule has 0 bridgehead atoms. The van der Waals surface area contributed by atoms with Crippen molar-refractivity contribution in [1.29, 1.82) is 0 Å². The Hall–Kier alpha value is 0.350. The van der Waals surface area contributed by atoms with Crippen LogP contribution >= 0.6 is 11.6 Å². The first-order valence-electron chi connectivity index (χ1n) is 2.58. The molecule has 1 rings (SSSR count). The third-order valence-electron chi connectivity index (χ3n) is 0.946. The SMILES string of the molecule is O=S(=O)([O-])c1cccc(Cl)n1.[Na+]. The molecular weight excluding hydrogens is 213 g/mol. The minimum atomic E-state index is -4.47. The molecule has 1 aromatic rings. The predicted octanol–water partition coefficient (Wildman–Crippen LogP) is -2.36. The first-order valence-corrected chi connectivity index (χ1v) is 4.37. The van der Waals surface area contributed by atoms with Crippen LogP contribution in [0, 0.1) is 0 Å². The summed E-state index contributed by atoms with van der Waals surface area (Å²) >= 11 is 5.34. The Labute approximate surface area is 97.0 Å². The molecular formula is C5H3ClNNaO3S. The first kappa shape index (κ1) is 12.3. The summed E-state index contributed by atoms with van der Waals surface area (Å²) in [5.41, 5.74) is 0. The molecule has 1 aromatic heterocycles. The molecule has 0 amide bonds. The van der Waals surface area contributed by atoms with Gasteiger partial charge in [-0.05, 0) is 12.1 Å². The van der Waals surface area contributed by atoms with Gasteiger partial charge in [0.25, 0.3) is 0 Å². The van der Waals surface area contributed by atoms with Crippen molar-refractivity contribution in [2.24, 2.45) is 0 Å².